The summed E-state index contributed by atoms with van der Waals surface area (Å²) < 4.78 is 25.9. The van der Waals surface area contributed by atoms with Crippen LogP contribution in [0.5, 0.6) is 11.5 Å². The van der Waals surface area contributed by atoms with Gasteiger partial charge in [0.05, 0.1) is 27.7 Å². The zero-order valence-electron chi connectivity index (χ0n) is 18.7. The number of ether oxygens (including phenoxy) is 2. The van der Waals surface area contributed by atoms with Gasteiger partial charge in [-0.3, -0.25) is 9.59 Å². The molecule has 176 valence electrons. The van der Waals surface area contributed by atoms with Gasteiger partial charge in [0.1, 0.15) is 23.9 Å². The molecular formula is C25H22ClFN2O4S. The summed E-state index contributed by atoms with van der Waals surface area (Å²) >= 11 is 7.82. The van der Waals surface area contributed by atoms with E-state index in [0.29, 0.717) is 41.8 Å². The van der Waals surface area contributed by atoms with Gasteiger partial charge >= 0.3 is 0 Å². The average molecular weight is 501 g/mol. The summed E-state index contributed by atoms with van der Waals surface area (Å²) in [6, 6.07) is 8.14. The van der Waals surface area contributed by atoms with Gasteiger partial charge in [-0.25, -0.2) is 9.37 Å². The minimum absolute atomic E-state index is 0.0348. The minimum Gasteiger partial charge on any atom is -0.492 e. The van der Waals surface area contributed by atoms with E-state index in [1.807, 2.05) is 26.0 Å². The Morgan fingerprint density at radius 1 is 1.29 bits per heavy atom. The van der Waals surface area contributed by atoms with Crippen molar-refractivity contribution < 1.29 is 23.5 Å². The first-order valence-electron chi connectivity index (χ1n) is 10.9. The van der Waals surface area contributed by atoms with Crippen molar-refractivity contribution in [1.82, 2.24) is 9.88 Å². The third kappa shape index (κ3) is 4.40. The molecule has 0 saturated carbocycles. The van der Waals surface area contributed by atoms with Crippen LogP contribution in [-0.2, 0) is 11.2 Å². The van der Waals surface area contributed by atoms with Gasteiger partial charge in [-0.1, -0.05) is 11.6 Å². The number of aromatic nitrogens is 1. The van der Waals surface area contributed by atoms with Gasteiger partial charge in [-0.15, -0.1) is 11.3 Å². The van der Waals surface area contributed by atoms with Gasteiger partial charge in [0.2, 0.25) is 0 Å². The fourth-order valence-electron chi connectivity index (χ4n) is 4.26. The number of rotatable bonds is 5. The highest BCUT2D eigenvalue weighted by molar-refractivity contribution is 7.15. The third-order valence-corrected chi connectivity index (χ3v) is 7.31. The number of thiazole rings is 1. The van der Waals surface area contributed by atoms with Crippen LogP contribution in [0.25, 0.3) is 10.4 Å². The molecule has 3 aromatic rings. The topological polar surface area (TPSA) is 68.7 Å². The van der Waals surface area contributed by atoms with E-state index in [-0.39, 0.29) is 30.3 Å². The Balaban J connectivity index is 1.24. The van der Waals surface area contributed by atoms with Gasteiger partial charge in [0.25, 0.3) is 5.91 Å². The quantitative estimate of drug-likeness (QED) is 0.499. The lowest BCUT2D eigenvalue weighted by molar-refractivity contribution is -0.121. The van der Waals surface area contributed by atoms with Crippen LogP contribution in [0.4, 0.5) is 4.39 Å². The molecule has 0 N–H and O–H groups in total. The van der Waals surface area contributed by atoms with E-state index >= 15 is 0 Å². The molecule has 1 aromatic heterocycles. The number of fused-ring (bicyclic) bond motifs is 1. The maximum absolute atomic E-state index is 14.5. The van der Waals surface area contributed by atoms with Crippen molar-refractivity contribution in [2.75, 3.05) is 26.3 Å². The maximum Gasteiger partial charge on any atom is 0.256 e. The number of Topliss-reactive ketones (excluding diaryl/α,β-unsaturated/α-hetero) is 1. The van der Waals surface area contributed by atoms with E-state index in [1.54, 1.807) is 22.3 Å². The number of likely N-dealkylation sites (tertiary alicyclic amines) is 1. The first kappa shape index (κ1) is 22.8. The molecule has 2 aliphatic heterocycles. The Bertz CT molecular complexity index is 1300. The molecule has 0 aliphatic carbocycles. The molecule has 34 heavy (non-hydrogen) atoms. The number of benzene rings is 2. The van der Waals surface area contributed by atoms with Crippen LogP contribution in [0.1, 0.15) is 26.6 Å². The molecule has 2 aliphatic rings. The molecule has 2 aromatic carbocycles. The fraction of sp³-hybridized carbons (Fsp3) is 0.320. The molecule has 1 saturated heterocycles. The van der Waals surface area contributed by atoms with Crippen molar-refractivity contribution >= 4 is 34.6 Å². The van der Waals surface area contributed by atoms with Crippen LogP contribution in [0.2, 0.25) is 5.02 Å². The molecule has 6 nitrogen and oxygen atoms in total. The van der Waals surface area contributed by atoms with Gasteiger partial charge in [0, 0.05) is 47.6 Å². The molecule has 0 radical (unpaired) electrons. The second kappa shape index (κ2) is 9.00. The SMILES string of the molecule is Cc1nc(C)c(-c2cc(Cl)ccc2OCC2CN(C(=O)c3cc4c(cc3F)OCC(=O)C4)C2)s1. The number of carbonyl (C=O) groups excluding carboxylic acids is 2. The maximum atomic E-state index is 14.5. The van der Waals surface area contributed by atoms with Crippen molar-refractivity contribution in [3.05, 3.63) is 63.0 Å². The molecular weight excluding hydrogens is 479 g/mol. The number of hydrogen-bond donors (Lipinski definition) is 0. The highest BCUT2D eigenvalue weighted by atomic mass is 35.5. The van der Waals surface area contributed by atoms with Crippen molar-refractivity contribution in [3.8, 4) is 21.9 Å². The van der Waals surface area contributed by atoms with E-state index < -0.39 is 11.7 Å². The molecule has 0 bridgehead atoms. The van der Waals surface area contributed by atoms with Gasteiger partial charge in [-0.05, 0) is 38.1 Å². The van der Waals surface area contributed by atoms with Gasteiger partial charge in [0.15, 0.2) is 5.78 Å². The lowest BCUT2D eigenvalue weighted by Gasteiger charge is -2.39. The Morgan fingerprint density at radius 2 is 2.09 bits per heavy atom. The van der Waals surface area contributed by atoms with E-state index in [1.165, 1.54) is 12.1 Å². The number of amides is 1. The Morgan fingerprint density at radius 3 is 2.82 bits per heavy atom. The predicted octanol–water partition coefficient (Wildman–Crippen LogP) is 4.87. The van der Waals surface area contributed by atoms with Crippen LogP contribution in [0.3, 0.4) is 0 Å². The molecule has 0 spiro atoms. The Hall–Kier alpha value is -2.97. The summed E-state index contributed by atoms with van der Waals surface area (Å²) in [5, 5.41) is 1.59. The summed E-state index contributed by atoms with van der Waals surface area (Å²) in [6.07, 6.45) is 0.147. The molecule has 5 rings (SSSR count). The van der Waals surface area contributed by atoms with E-state index in [9.17, 15) is 14.0 Å². The lowest BCUT2D eigenvalue weighted by Crippen LogP contribution is -2.52. The summed E-state index contributed by atoms with van der Waals surface area (Å²) in [5.41, 5.74) is 2.34. The minimum atomic E-state index is -0.640. The zero-order chi connectivity index (χ0) is 24.0. The fourth-order valence-corrected chi connectivity index (χ4v) is 5.38. The number of ketones is 1. The van der Waals surface area contributed by atoms with Crippen LogP contribution >= 0.6 is 22.9 Å². The number of carbonyl (C=O) groups is 2. The van der Waals surface area contributed by atoms with E-state index in [2.05, 4.69) is 4.98 Å². The van der Waals surface area contributed by atoms with Crippen molar-refractivity contribution in [2.45, 2.75) is 20.3 Å². The average Bonchev–Trinajstić information content (AvgIpc) is 3.10. The number of nitrogens with zero attached hydrogens (tertiary/aromatic N) is 2. The smallest absolute Gasteiger partial charge is 0.256 e. The molecule has 3 heterocycles. The first-order chi connectivity index (χ1) is 16.3. The molecule has 1 fully saturated rings. The van der Waals surface area contributed by atoms with Crippen LogP contribution in [-0.4, -0.2) is 47.9 Å². The highest BCUT2D eigenvalue weighted by Crippen LogP contribution is 2.38. The van der Waals surface area contributed by atoms with Gasteiger partial charge < -0.3 is 14.4 Å². The summed E-state index contributed by atoms with van der Waals surface area (Å²) in [7, 11) is 0. The second-order valence-corrected chi connectivity index (χ2v) is 10.3. The zero-order valence-corrected chi connectivity index (χ0v) is 20.3. The largest absolute Gasteiger partial charge is 0.492 e. The third-order valence-electron chi connectivity index (χ3n) is 5.97. The molecule has 1 amide bonds. The van der Waals surface area contributed by atoms with Crippen molar-refractivity contribution in [2.24, 2.45) is 5.92 Å². The van der Waals surface area contributed by atoms with Crippen molar-refractivity contribution in [3.63, 3.8) is 0 Å². The van der Waals surface area contributed by atoms with Crippen LogP contribution < -0.4 is 9.47 Å². The summed E-state index contributed by atoms with van der Waals surface area (Å²) in [4.78, 5) is 31.6. The first-order valence-corrected chi connectivity index (χ1v) is 12.1. The van der Waals surface area contributed by atoms with Crippen LogP contribution in [0, 0.1) is 25.6 Å². The molecule has 0 unspecified atom stereocenters. The van der Waals surface area contributed by atoms with E-state index in [0.717, 1.165) is 21.1 Å². The number of hydrogen-bond acceptors (Lipinski definition) is 6. The van der Waals surface area contributed by atoms with Crippen molar-refractivity contribution in [1.29, 1.82) is 0 Å². The molecule has 0 atom stereocenters. The monoisotopic (exact) mass is 500 g/mol. The Kier molecular flexibility index (Phi) is 6.04. The van der Waals surface area contributed by atoms with E-state index in [4.69, 9.17) is 21.1 Å². The number of aryl methyl sites for hydroxylation is 2. The summed E-state index contributed by atoms with van der Waals surface area (Å²) in [5.74, 6) is 0.0441. The second-order valence-electron chi connectivity index (χ2n) is 8.62. The van der Waals surface area contributed by atoms with Gasteiger partial charge in [-0.2, -0.15) is 0 Å². The normalized spacial score (nSPS) is 15.5. The van der Waals surface area contributed by atoms with Crippen LogP contribution in [0.15, 0.2) is 30.3 Å². The Labute approximate surface area is 205 Å². The number of halogens is 2. The summed E-state index contributed by atoms with van der Waals surface area (Å²) in [6.45, 7) is 5.21. The lowest BCUT2D eigenvalue weighted by atomic mass is 9.97. The predicted molar refractivity (Wildman–Crippen MR) is 128 cm³/mol. The highest BCUT2D eigenvalue weighted by Gasteiger charge is 2.34. The molecule has 9 heteroatoms. The standard InChI is InChI=1S/C25H22ClFN2O4S/c1-13-24(34-14(2)28-13)20-7-17(26)3-4-22(20)32-11-15-9-29(10-15)25(31)19-6-16-5-18(30)12-33-23(16)8-21(19)27/h3-4,6-8,15H,5,9-12H2,1-2H3.